The van der Waals surface area contributed by atoms with E-state index in [1.54, 1.807) is 0 Å². The molecule has 2 aromatic rings. The molecule has 168 valence electrons. The van der Waals surface area contributed by atoms with E-state index < -0.39 is 0 Å². The molecule has 1 aliphatic rings. The number of benzene rings is 2. The average Bonchev–Trinajstić information content (AvgIpc) is 2.85. The van der Waals surface area contributed by atoms with E-state index >= 15 is 0 Å². The van der Waals surface area contributed by atoms with Gasteiger partial charge in [-0.1, -0.05) is 61.7 Å². The summed E-state index contributed by atoms with van der Waals surface area (Å²) in [5.74, 6) is 0.338. The smallest absolute Gasteiger partial charge is 0.330 e. The Labute approximate surface area is 190 Å². The standard InChI is InChI=1S/C28H32O4/c1-3-27(29)31-19-5-6-21-7-11-23(12-8-21)25-15-17-26(18-16-25)24-13-9-22(10-14-24)20-32-28(30)4-2/h3-4,7-8,11-12,15-18,22,24H,1-2,5-6,9-10,13-14,19-20H2. The lowest BCUT2D eigenvalue weighted by Crippen LogP contribution is -2.19. The zero-order valence-electron chi connectivity index (χ0n) is 18.6. The number of carbonyl (C=O) groups excluding carboxylic acids is 2. The molecule has 0 unspecified atom stereocenters. The molecule has 0 aromatic heterocycles. The highest BCUT2D eigenvalue weighted by Gasteiger charge is 2.23. The molecule has 1 aliphatic carbocycles. The molecule has 2 aromatic carbocycles. The first-order valence-corrected chi connectivity index (χ1v) is 11.4. The minimum absolute atomic E-state index is 0.329. The van der Waals surface area contributed by atoms with Crippen LogP contribution in [0.5, 0.6) is 0 Å². The first-order valence-electron chi connectivity index (χ1n) is 11.4. The van der Waals surface area contributed by atoms with Crippen molar-refractivity contribution in [3.8, 4) is 11.1 Å². The highest BCUT2D eigenvalue weighted by molar-refractivity contribution is 5.81. The Morgan fingerprint density at radius 3 is 1.97 bits per heavy atom. The number of aryl methyl sites for hydroxylation is 1. The van der Waals surface area contributed by atoms with Crippen molar-refractivity contribution < 1.29 is 19.1 Å². The zero-order chi connectivity index (χ0) is 22.8. The molecule has 0 bridgehead atoms. The van der Waals surface area contributed by atoms with Crippen molar-refractivity contribution in [3.05, 3.63) is 85.0 Å². The SMILES string of the molecule is C=CC(=O)OCCCc1ccc(-c2ccc(C3CCC(COC(=O)C=C)CC3)cc2)cc1. The number of rotatable bonds is 10. The molecule has 0 radical (unpaired) electrons. The van der Waals surface area contributed by atoms with Gasteiger partial charge in [0.05, 0.1) is 13.2 Å². The Balaban J connectivity index is 1.47. The minimum atomic E-state index is -0.370. The number of esters is 2. The fraction of sp³-hybridized carbons (Fsp3) is 0.357. The van der Waals surface area contributed by atoms with Gasteiger partial charge in [0.25, 0.3) is 0 Å². The minimum Gasteiger partial charge on any atom is -0.463 e. The van der Waals surface area contributed by atoms with Gasteiger partial charge < -0.3 is 9.47 Å². The summed E-state index contributed by atoms with van der Waals surface area (Å²) < 4.78 is 10.2. The monoisotopic (exact) mass is 432 g/mol. The molecule has 0 amide bonds. The second-order valence-electron chi connectivity index (χ2n) is 8.35. The maximum atomic E-state index is 11.2. The third-order valence-corrected chi connectivity index (χ3v) is 6.16. The molecule has 3 rings (SSSR count). The summed E-state index contributed by atoms with van der Waals surface area (Å²) in [5, 5.41) is 0. The van der Waals surface area contributed by atoms with E-state index in [0.717, 1.165) is 38.5 Å². The fourth-order valence-electron chi connectivity index (χ4n) is 4.24. The van der Waals surface area contributed by atoms with Crippen LogP contribution in [-0.4, -0.2) is 25.2 Å². The molecule has 0 saturated heterocycles. The summed E-state index contributed by atoms with van der Waals surface area (Å²) >= 11 is 0. The van der Waals surface area contributed by atoms with Crippen LogP contribution in [0, 0.1) is 5.92 Å². The van der Waals surface area contributed by atoms with Crippen LogP contribution in [-0.2, 0) is 25.5 Å². The molecular weight excluding hydrogens is 400 g/mol. The first kappa shape index (κ1) is 23.5. The van der Waals surface area contributed by atoms with Gasteiger partial charge in [0, 0.05) is 12.2 Å². The van der Waals surface area contributed by atoms with Crippen LogP contribution in [0.3, 0.4) is 0 Å². The Morgan fingerprint density at radius 2 is 1.38 bits per heavy atom. The third-order valence-electron chi connectivity index (χ3n) is 6.16. The van der Waals surface area contributed by atoms with E-state index in [4.69, 9.17) is 9.47 Å². The summed E-state index contributed by atoms with van der Waals surface area (Å²) in [6.45, 7) is 7.75. The first-order chi connectivity index (χ1) is 15.6. The van der Waals surface area contributed by atoms with Crippen LogP contribution in [0.2, 0.25) is 0 Å². The van der Waals surface area contributed by atoms with Crippen LogP contribution < -0.4 is 0 Å². The van der Waals surface area contributed by atoms with E-state index in [-0.39, 0.29) is 11.9 Å². The van der Waals surface area contributed by atoms with Crippen molar-refractivity contribution in [2.75, 3.05) is 13.2 Å². The van der Waals surface area contributed by atoms with Crippen LogP contribution in [0.15, 0.2) is 73.8 Å². The molecule has 4 heteroatoms. The number of ether oxygens (including phenoxy) is 2. The van der Waals surface area contributed by atoms with Gasteiger partial charge in [-0.15, -0.1) is 0 Å². The molecule has 0 N–H and O–H groups in total. The highest BCUT2D eigenvalue weighted by Crippen LogP contribution is 2.36. The number of hydrogen-bond acceptors (Lipinski definition) is 4. The van der Waals surface area contributed by atoms with Gasteiger partial charge in [0.2, 0.25) is 0 Å². The highest BCUT2D eigenvalue weighted by atomic mass is 16.5. The van der Waals surface area contributed by atoms with Crippen LogP contribution in [0.4, 0.5) is 0 Å². The van der Waals surface area contributed by atoms with E-state index in [1.165, 1.54) is 34.4 Å². The zero-order valence-corrected chi connectivity index (χ0v) is 18.6. The summed E-state index contributed by atoms with van der Waals surface area (Å²) in [5.41, 5.74) is 5.04. The third kappa shape index (κ3) is 6.94. The largest absolute Gasteiger partial charge is 0.463 e. The molecule has 0 aliphatic heterocycles. The second-order valence-corrected chi connectivity index (χ2v) is 8.35. The Hall–Kier alpha value is -3.14. The van der Waals surface area contributed by atoms with Crippen molar-refractivity contribution in [2.24, 2.45) is 5.92 Å². The van der Waals surface area contributed by atoms with Gasteiger partial charge >= 0.3 is 11.9 Å². The van der Waals surface area contributed by atoms with Gasteiger partial charge in [-0.25, -0.2) is 9.59 Å². The van der Waals surface area contributed by atoms with Crippen LogP contribution >= 0.6 is 0 Å². The molecule has 1 fully saturated rings. The predicted molar refractivity (Wildman–Crippen MR) is 127 cm³/mol. The van der Waals surface area contributed by atoms with E-state index in [0.29, 0.717) is 25.0 Å². The lowest BCUT2D eigenvalue weighted by Gasteiger charge is -2.28. The van der Waals surface area contributed by atoms with E-state index in [1.807, 2.05) is 0 Å². The molecule has 4 nitrogen and oxygen atoms in total. The van der Waals surface area contributed by atoms with Gasteiger partial charge in [0.1, 0.15) is 0 Å². The van der Waals surface area contributed by atoms with Gasteiger partial charge in [0.15, 0.2) is 0 Å². The van der Waals surface area contributed by atoms with Gasteiger partial charge in [-0.3, -0.25) is 0 Å². The quantitative estimate of drug-likeness (QED) is 0.262. The fourth-order valence-corrected chi connectivity index (χ4v) is 4.24. The number of carbonyl (C=O) groups is 2. The van der Waals surface area contributed by atoms with Gasteiger partial charge in [-0.2, -0.15) is 0 Å². The molecule has 0 atom stereocenters. The van der Waals surface area contributed by atoms with Crippen LogP contribution in [0.25, 0.3) is 11.1 Å². The topological polar surface area (TPSA) is 52.6 Å². The normalized spacial score (nSPS) is 17.9. The predicted octanol–water partition coefficient (Wildman–Crippen LogP) is 6.02. The molecule has 0 heterocycles. The summed E-state index contributed by atoms with van der Waals surface area (Å²) in [6.07, 6.45) is 8.53. The van der Waals surface area contributed by atoms with E-state index in [9.17, 15) is 9.59 Å². The second kappa shape index (κ2) is 12.0. The average molecular weight is 433 g/mol. The molecule has 0 spiro atoms. The van der Waals surface area contributed by atoms with Crippen molar-refractivity contribution in [3.63, 3.8) is 0 Å². The molecule has 1 saturated carbocycles. The lowest BCUT2D eigenvalue weighted by atomic mass is 9.79. The van der Waals surface area contributed by atoms with Crippen molar-refractivity contribution >= 4 is 11.9 Å². The van der Waals surface area contributed by atoms with Crippen molar-refractivity contribution in [2.45, 2.75) is 44.4 Å². The summed E-state index contributed by atoms with van der Waals surface area (Å²) in [7, 11) is 0. The van der Waals surface area contributed by atoms with Crippen LogP contribution in [0.1, 0.15) is 49.1 Å². The summed E-state index contributed by atoms with van der Waals surface area (Å²) in [4.78, 5) is 22.3. The Morgan fingerprint density at radius 1 is 0.812 bits per heavy atom. The molecule has 32 heavy (non-hydrogen) atoms. The molecular formula is C28H32O4. The maximum Gasteiger partial charge on any atom is 0.330 e. The Kier molecular flexibility index (Phi) is 8.85. The van der Waals surface area contributed by atoms with Crippen molar-refractivity contribution in [1.82, 2.24) is 0 Å². The number of hydrogen-bond donors (Lipinski definition) is 0. The van der Waals surface area contributed by atoms with E-state index in [2.05, 4.69) is 61.7 Å². The maximum absolute atomic E-state index is 11.2. The van der Waals surface area contributed by atoms with Crippen molar-refractivity contribution in [1.29, 1.82) is 0 Å². The Bertz CT molecular complexity index is 903. The lowest BCUT2D eigenvalue weighted by molar-refractivity contribution is -0.139. The van der Waals surface area contributed by atoms with Gasteiger partial charge in [-0.05, 0) is 72.6 Å². The summed E-state index contributed by atoms with van der Waals surface area (Å²) in [6, 6.07) is 17.5.